The van der Waals surface area contributed by atoms with Crippen LogP contribution in [0.15, 0.2) is 16.7 Å². The zero-order valence-electron chi connectivity index (χ0n) is 5.83. The lowest BCUT2D eigenvalue weighted by Gasteiger charge is -1.99. The monoisotopic (exact) mass is 217 g/mol. The van der Waals surface area contributed by atoms with E-state index in [2.05, 4.69) is 15.9 Å². The Hall–Kier alpha value is -0.610. The molecule has 4 heteroatoms. The second-order valence-corrected chi connectivity index (χ2v) is 3.03. The third-order valence-electron chi connectivity index (χ3n) is 1.36. The summed E-state index contributed by atoms with van der Waals surface area (Å²) in [6.07, 6.45) is 2.53. The molecule has 1 aromatic rings. The van der Waals surface area contributed by atoms with Crippen LogP contribution in [0.5, 0.6) is 0 Å². The maximum atomic E-state index is 10.4. The zero-order chi connectivity index (χ0) is 8.27. The molecule has 0 bridgehead atoms. The summed E-state index contributed by atoms with van der Waals surface area (Å²) in [5.41, 5.74) is 0.575. The van der Waals surface area contributed by atoms with Crippen LogP contribution in [-0.2, 0) is 6.54 Å². The molecule has 0 aliphatic heterocycles. The Labute approximate surface area is 72.8 Å². The highest BCUT2D eigenvalue weighted by molar-refractivity contribution is 9.10. The van der Waals surface area contributed by atoms with Gasteiger partial charge in [-0.3, -0.25) is 4.79 Å². The van der Waals surface area contributed by atoms with Crippen molar-refractivity contribution in [2.45, 2.75) is 6.54 Å². The predicted molar refractivity (Wildman–Crippen MR) is 44.6 cm³/mol. The lowest BCUT2D eigenvalue weighted by Crippen LogP contribution is -2.03. The molecule has 3 nitrogen and oxygen atoms in total. The molecule has 0 fully saturated rings. The maximum Gasteiger partial charge on any atom is 0.166 e. The van der Waals surface area contributed by atoms with E-state index in [1.54, 1.807) is 16.8 Å². The van der Waals surface area contributed by atoms with E-state index < -0.39 is 0 Å². The van der Waals surface area contributed by atoms with Crippen molar-refractivity contribution in [1.82, 2.24) is 4.57 Å². The zero-order valence-corrected chi connectivity index (χ0v) is 7.41. The van der Waals surface area contributed by atoms with E-state index in [1.165, 1.54) is 0 Å². The molecule has 60 valence electrons. The van der Waals surface area contributed by atoms with Crippen molar-refractivity contribution in [3.05, 3.63) is 22.4 Å². The molecule has 0 aliphatic carbocycles. The number of hydrogen-bond donors (Lipinski definition) is 1. The van der Waals surface area contributed by atoms with E-state index in [1.807, 2.05) is 0 Å². The fourth-order valence-corrected chi connectivity index (χ4v) is 1.37. The number of aliphatic hydroxyl groups is 1. The third kappa shape index (κ3) is 1.91. The first-order chi connectivity index (χ1) is 5.27. The van der Waals surface area contributed by atoms with Crippen molar-refractivity contribution in [2.24, 2.45) is 0 Å². The van der Waals surface area contributed by atoms with Crippen LogP contribution in [0.4, 0.5) is 0 Å². The van der Waals surface area contributed by atoms with Gasteiger partial charge in [0.15, 0.2) is 6.29 Å². The summed E-state index contributed by atoms with van der Waals surface area (Å²) in [6.45, 7) is 0.502. The van der Waals surface area contributed by atoms with Gasteiger partial charge in [0.25, 0.3) is 0 Å². The van der Waals surface area contributed by atoms with E-state index >= 15 is 0 Å². The average molecular weight is 218 g/mol. The summed E-state index contributed by atoms with van der Waals surface area (Å²) in [5, 5.41) is 8.60. The van der Waals surface area contributed by atoms with Crippen molar-refractivity contribution >= 4 is 22.2 Å². The van der Waals surface area contributed by atoms with Gasteiger partial charge in [-0.2, -0.15) is 0 Å². The number of hydrogen-bond acceptors (Lipinski definition) is 2. The predicted octanol–water partition coefficient (Wildman–Crippen LogP) is 1.06. The van der Waals surface area contributed by atoms with Crippen molar-refractivity contribution < 1.29 is 9.90 Å². The molecule has 0 saturated carbocycles. The molecule has 0 amide bonds. The van der Waals surface area contributed by atoms with Crippen LogP contribution in [0.25, 0.3) is 0 Å². The van der Waals surface area contributed by atoms with Gasteiger partial charge in [-0.15, -0.1) is 0 Å². The third-order valence-corrected chi connectivity index (χ3v) is 1.79. The number of carbonyl (C=O) groups is 1. The Morgan fingerprint density at radius 1 is 1.73 bits per heavy atom. The Kier molecular flexibility index (Phi) is 2.84. The summed E-state index contributed by atoms with van der Waals surface area (Å²) < 4.78 is 2.55. The standard InChI is InChI=1S/C7H8BrNO2/c8-6-3-7(5-11)9(4-6)1-2-10/h3-5,10H,1-2H2. The van der Waals surface area contributed by atoms with Gasteiger partial charge in [0.2, 0.25) is 0 Å². The topological polar surface area (TPSA) is 42.2 Å². The van der Waals surface area contributed by atoms with Gasteiger partial charge >= 0.3 is 0 Å². The normalized spacial score (nSPS) is 10.0. The summed E-state index contributed by atoms with van der Waals surface area (Å²) in [4.78, 5) is 10.4. The van der Waals surface area contributed by atoms with E-state index in [-0.39, 0.29) is 6.61 Å². The van der Waals surface area contributed by atoms with Crippen molar-refractivity contribution in [3.8, 4) is 0 Å². The van der Waals surface area contributed by atoms with Crippen LogP contribution in [0, 0.1) is 0 Å². The van der Waals surface area contributed by atoms with E-state index in [9.17, 15) is 4.79 Å². The summed E-state index contributed by atoms with van der Waals surface area (Å²) in [7, 11) is 0. The lowest BCUT2D eigenvalue weighted by molar-refractivity contribution is 0.111. The first kappa shape index (κ1) is 8.49. The second kappa shape index (κ2) is 3.69. The lowest BCUT2D eigenvalue weighted by atomic mass is 10.5. The largest absolute Gasteiger partial charge is 0.395 e. The van der Waals surface area contributed by atoms with Gasteiger partial charge in [0.1, 0.15) is 0 Å². The quantitative estimate of drug-likeness (QED) is 0.770. The van der Waals surface area contributed by atoms with Crippen LogP contribution in [-0.4, -0.2) is 22.6 Å². The van der Waals surface area contributed by atoms with Crippen LogP contribution >= 0.6 is 15.9 Å². The number of rotatable bonds is 3. The molecule has 1 heterocycles. The van der Waals surface area contributed by atoms with Crippen molar-refractivity contribution in [1.29, 1.82) is 0 Å². The summed E-state index contributed by atoms with van der Waals surface area (Å²) in [6, 6.07) is 1.71. The Balaban J connectivity index is 2.92. The molecule has 11 heavy (non-hydrogen) atoms. The number of nitrogens with zero attached hydrogens (tertiary/aromatic N) is 1. The van der Waals surface area contributed by atoms with Crippen molar-refractivity contribution in [2.75, 3.05) is 6.61 Å². The molecule has 1 aromatic heterocycles. The molecule has 0 saturated heterocycles. The molecule has 0 radical (unpaired) electrons. The summed E-state index contributed by atoms with van der Waals surface area (Å²) >= 11 is 3.23. The average Bonchev–Trinajstić information content (AvgIpc) is 2.32. The highest BCUT2D eigenvalue weighted by atomic mass is 79.9. The van der Waals surface area contributed by atoms with Gasteiger partial charge in [0.05, 0.1) is 12.3 Å². The second-order valence-electron chi connectivity index (χ2n) is 2.12. The van der Waals surface area contributed by atoms with Crippen LogP contribution in [0.2, 0.25) is 0 Å². The molecular weight excluding hydrogens is 210 g/mol. The van der Waals surface area contributed by atoms with Gasteiger partial charge in [-0.1, -0.05) is 0 Å². The van der Waals surface area contributed by atoms with Gasteiger partial charge < -0.3 is 9.67 Å². The van der Waals surface area contributed by atoms with Crippen LogP contribution in [0.3, 0.4) is 0 Å². The Bertz CT molecular complexity index is 257. The first-order valence-corrected chi connectivity index (χ1v) is 3.99. The number of halogens is 1. The minimum Gasteiger partial charge on any atom is -0.395 e. The molecular formula is C7H8BrNO2. The summed E-state index contributed by atoms with van der Waals surface area (Å²) in [5.74, 6) is 0. The van der Waals surface area contributed by atoms with E-state index in [0.29, 0.717) is 12.2 Å². The molecule has 0 spiro atoms. The molecule has 0 aromatic carbocycles. The van der Waals surface area contributed by atoms with Gasteiger partial charge in [0, 0.05) is 17.2 Å². The molecule has 0 atom stereocenters. The number of aldehydes is 1. The highest BCUT2D eigenvalue weighted by Crippen LogP contribution is 2.12. The van der Waals surface area contributed by atoms with Crippen LogP contribution < -0.4 is 0 Å². The molecule has 1 N–H and O–H groups in total. The number of aliphatic hydroxyl groups excluding tert-OH is 1. The smallest absolute Gasteiger partial charge is 0.166 e. The van der Waals surface area contributed by atoms with Gasteiger partial charge in [-0.05, 0) is 22.0 Å². The van der Waals surface area contributed by atoms with Crippen molar-refractivity contribution in [3.63, 3.8) is 0 Å². The van der Waals surface area contributed by atoms with E-state index in [0.717, 1.165) is 10.8 Å². The fraction of sp³-hybridized carbons (Fsp3) is 0.286. The highest BCUT2D eigenvalue weighted by Gasteiger charge is 2.01. The molecule has 0 aliphatic rings. The van der Waals surface area contributed by atoms with Crippen LogP contribution in [0.1, 0.15) is 10.5 Å². The Morgan fingerprint density at radius 2 is 2.45 bits per heavy atom. The van der Waals surface area contributed by atoms with E-state index in [4.69, 9.17) is 5.11 Å². The number of carbonyl (C=O) groups excluding carboxylic acids is 1. The Morgan fingerprint density at radius 3 is 3.00 bits per heavy atom. The first-order valence-electron chi connectivity index (χ1n) is 3.19. The SMILES string of the molecule is O=Cc1cc(Br)cn1CCO. The molecule has 0 unspecified atom stereocenters. The minimum atomic E-state index is 0.0436. The maximum absolute atomic E-state index is 10.4. The minimum absolute atomic E-state index is 0.0436. The van der Waals surface area contributed by atoms with Gasteiger partial charge in [-0.25, -0.2) is 0 Å². The fourth-order valence-electron chi connectivity index (χ4n) is 0.888. The molecule has 1 rings (SSSR count). The number of aromatic nitrogens is 1.